The molecule has 0 saturated heterocycles. The Bertz CT molecular complexity index is 450. The highest BCUT2D eigenvalue weighted by molar-refractivity contribution is 5.55. The van der Waals surface area contributed by atoms with E-state index in [9.17, 15) is 8.78 Å². The topological polar surface area (TPSA) is 49.0 Å². The lowest BCUT2D eigenvalue weighted by Crippen LogP contribution is -2.26. The molecule has 0 bridgehead atoms. The van der Waals surface area contributed by atoms with E-state index in [4.69, 9.17) is 9.47 Å². The maximum absolute atomic E-state index is 12.9. The third-order valence-electron chi connectivity index (χ3n) is 2.58. The fourth-order valence-corrected chi connectivity index (χ4v) is 1.80. The second-order valence-corrected chi connectivity index (χ2v) is 4.05. The Labute approximate surface area is 115 Å². The summed E-state index contributed by atoms with van der Waals surface area (Å²) in [7, 11) is 0. The van der Waals surface area contributed by atoms with Gasteiger partial charge in [0, 0.05) is 25.0 Å². The molecule has 112 valence electrons. The number of benzene rings is 1. The number of fused-ring (bicyclic) bond motifs is 1. The molecule has 1 N–H and O–H groups in total. The molecule has 0 atom stereocenters. The Kier molecular flexibility index (Phi) is 4.61. The summed E-state index contributed by atoms with van der Waals surface area (Å²) in [6.07, 6.45) is -3.99. The smallest absolute Gasteiger partial charge is 0.395 e. The lowest BCUT2D eigenvalue weighted by Gasteiger charge is -2.18. The molecule has 0 aliphatic carbocycles. The first-order valence-electron chi connectivity index (χ1n) is 6.41. The van der Waals surface area contributed by atoms with E-state index in [-0.39, 0.29) is 11.5 Å². The van der Waals surface area contributed by atoms with E-state index in [2.05, 4.69) is 14.8 Å². The van der Waals surface area contributed by atoms with Crippen LogP contribution in [0.1, 0.15) is 13.8 Å². The average Bonchev–Trinajstić information content (AvgIpc) is 2.69. The molecule has 20 heavy (non-hydrogen) atoms. The summed E-state index contributed by atoms with van der Waals surface area (Å²) in [6.45, 7) is 5.19. The number of anilines is 1. The fourth-order valence-electron chi connectivity index (χ4n) is 1.80. The number of halogens is 2. The van der Waals surface area contributed by atoms with Gasteiger partial charge in [0.2, 0.25) is 0 Å². The minimum Gasteiger partial charge on any atom is -0.395 e. The van der Waals surface area contributed by atoms with Gasteiger partial charge in [-0.25, -0.2) is 0 Å². The molecule has 2 rings (SSSR count). The van der Waals surface area contributed by atoms with Crippen LogP contribution in [0.3, 0.4) is 0 Å². The van der Waals surface area contributed by atoms with Gasteiger partial charge in [0.15, 0.2) is 17.8 Å². The van der Waals surface area contributed by atoms with Gasteiger partial charge in [-0.2, -0.15) is 0 Å². The minimum absolute atomic E-state index is 0.00405. The quantitative estimate of drug-likeness (QED) is 0.782. The Hall–Kier alpha value is -1.60. The van der Waals surface area contributed by atoms with Crippen molar-refractivity contribution in [2.75, 3.05) is 25.1 Å². The third kappa shape index (κ3) is 3.71. The maximum atomic E-state index is 12.9. The van der Waals surface area contributed by atoms with Gasteiger partial charge in [-0.05, 0) is 26.0 Å². The molecule has 0 aromatic heterocycles. The molecule has 0 saturated carbocycles. The van der Waals surface area contributed by atoms with Crippen molar-refractivity contribution in [2.24, 2.45) is 0 Å². The van der Waals surface area contributed by atoms with Gasteiger partial charge in [0.1, 0.15) is 0 Å². The lowest BCUT2D eigenvalue weighted by molar-refractivity contribution is -0.286. The van der Waals surface area contributed by atoms with Crippen molar-refractivity contribution in [3.05, 3.63) is 18.2 Å². The van der Waals surface area contributed by atoms with E-state index >= 15 is 0 Å². The number of hydrogen-bond acceptors (Lipinski definition) is 5. The molecule has 5 nitrogen and oxygen atoms in total. The van der Waals surface area contributed by atoms with Crippen LogP contribution in [-0.4, -0.2) is 32.3 Å². The van der Waals surface area contributed by atoms with Gasteiger partial charge in [-0.3, -0.25) is 0 Å². The zero-order valence-corrected chi connectivity index (χ0v) is 11.3. The molecule has 1 aromatic carbocycles. The van der Waals surface area contributed by atoms with Crippen molar-refractivity contribution < 1.29 is 27.7 Å². The summed E-state index contributed by atoms with van der Waals surface area (Å²) in [5.74, 6) is 0.0242. The Morgan fingerprint density at radius 1 is 1.15 bits per heavy atom. The predicted molar refractivity (Wildman–Crippen MR) is 68.2 cm³/mol. The fraction of sp³-hybridized carbons (Fsp3) is 0.538. The van der Waals surface area contributed by atoms with E-state index in [1.165, 1.54) is 12.1 Å². The molecular weight excluding hydrogens is 272 g/mol. The monoisotopic (exact) mass is 289 g/mol. The van der Waals surface area contributed by atoms with Crippen LogP contribution in [0.15, 0.2) is 18.2 Å². The summed E-state index contributed by atoms with van der Waals surface area (Å²) in [5.41, 5.74) is 0.620. The van der Waals surface area contributed by atoms with Gasteiger partial charge in [0.05, 0.1) is 6.54 Å². The van der Waals surface area contributed by atoms with Crippen molar-refractivity contribution in [3.63, 3.8) is 0 Å². The van der Waals surface area contributed by atoms with Crippen LogP contribution in [0.4, 0.5) is 14.5 Å². The van der Waals surface area contributed by atoms with E-state index in [0.29, 0.717) is 25.4 Å². The van der Waals surface area contributed by atoms with E-state index in [0.717, 1.165) is 0 Å². The first-order chi connectivity index (χ1) is 9.54. The molecule has 1 aromatic rings. The second-order valence-electron chi connectivity index (χ2n) is 4.05. The summed E-state index contributed by atoms with van der Waals surface area (Å²) in [4.78, 5) is 0. The van der Waals surface area contributed by atoms with Crippen LogP contribution >= 0.6 is 0 Å². The van der Waals surface area contributed by atoms with Crippen LogP contribution in [0.25, 0.3) is 0 Å². The van der Waals surface area contributed by atoms with Crippen LogP contribution in [-0.2, 0) is 9.47 Å². The summed E-state index contributed by atoms with van der Waals surface area (Å²) >= 11 is 0. The zero-order chi connectivity index (χ0) is 14.6. The van der Waals surface area contributed by atoms with Gasteiger partial charge in [-0.15, -0.1) is 8.78 Å². The first-order valence-corrected chi connectivity index (χ1v) is 6.41. The summed E-state index contributed by atoms with van der Waals surface area (Å²) in [5, 5.41) is 3.04. The average molecular weight is 289 g/mol. The molecule has 0 radical (unpaired) electrons. The Balaban J connectivity index is 1.94. The Morgan fingerprint density at radius 3 is 2.45 bits per heavy atom. The van der Waals surface area contributed by atoms with Crippen molar-refractivity contribution in [1.29, 1.82) is 0 Å². The van der Waals surface area contributed by atoms with Gasteiger partial charge in [-0.1, -0.05) is 0 Å². The highest BCUT2D eigenvalue weighted by Crippen LogP contribution is 2.42. The van der Waals surface area contributed by atoms with Crippen LogP contribution in [0.2, 0.25) is 0 Å². The van der Waals surface area contributed by atoms with Gasteiger partial charge >= 0.3 is 6.29 Å². The first kappa shape index (κ1) is 14.8. The van der Waals surface area contributed by atoms with Crippen LogP contribution in [0, 0.1) is 0 Å². The zero-order valence-electron chi connectivity index (χ0n) is 11.3. The van der Waals surface area contributed by atoms with Crippen molar-refractivity contribution in [1.82, 2.24) is 0 Å². The van der Waals surface area contributed by atoms with Crippen LogP contribution < -0.4 is 14.8 Å². The highest BCUT2D eigenvalue weighted by Gasteiger charge is 2.43. The van der Waals surface area contributed by atoms with E-state index < -0.39 is 12.6 Å². The molecule has 7 heteroatoms. The molecular formula is C13H17F2NO4. The SMILES string of the molecule is CCOC(CNc1ccc2c(c1)OC(F)(F)O2)OCC. The minimum atomic E-state index is -3.60. The predicted octanol–water partition coefficient (Wildman–Crippen LogP) is 2.82. The van der Waals surface area contributed by atoms with Gasteiger partial charge < -0.3 is 24.3 Å². The number of nitrogens with one attached hydrogen (secondary N) is 1. The van der Waals surface area contributed by atoms with Crippen molar-refractivity contribution in [3.8, 4) is 11.5 Å². The number of rotatable bonds is 7. The molecule has 0 fully saturated rings. The standard InChI is InChI=1S/C13H17F2NO4/c1-3-17-12(18-4-2)8-16-9-5-6-10-11(7-9)20-13(14,15)19-10/h5-7,12,16H,3-4,8H2,1-2H3. The Morgan fingerprint density at radius 2 is 1.80 bits per heavy atom. The number of alkyl halides is 2. The third-order valence-corrected chi connectivity index (χ3v) is 2.58. The molecule has 0 amide bonds. The number of ether oxygens (including phenoxy) is 4. The molecule has 0 spiro atoms. The molecule has 1 heterocycles. The highest BCUT2D eigenvalue weighted by atomic mass is 19.3. The molecule has 1 aliphatic rings. The number of hydrogen-bond donors (Lipinski definition) is 1. The van der Waals surface area contributed by atoms with E-state index in [1.807, 2.05) is 13.8 Å². The maximum Gasteiger partial charge on any atom is 0.586 e. The van der Waals surface area contributed by atoms with Gasteiger partial charge in [0.25, 0.3) is 0 Å². The van der Waals surface area contributed by atoms with E-state index in [1.54, 1.807) is 6.07 Å². The lowest BCUT2D eigenvalue weighted by atomic mass is 10.3. The largest absolute Gasteiger partial charge is 0.586 e. The van der Waals surface area contributed by atoms with Crippen LogP contribution in [0.5, 0.6) is 11.5 Å². The molecule has 1 aliphatic heterocycles. The normalized spacial score (nSPS) is 15.7. The molecule has 0 unspecified atom stereocenters. The van der Waals surface area contributed by atoms with Crippen molar-refractivity contribution >= 4 is 5.69 Å². The summed E-state index contributed by atoms with van der Waals surface area (Å²) < 4.78 is 45.2. The van der Waals surface area contributed by atoms with Crippen molar-refractivity contribution in [2.45, 2.75) is 26.4 Å². The second kappa shape index (κ2) is 6.23. The summed E-state index contributed by atoms with van der Waals surface area (Å²) in [6, 6.07) is 4.50.